The van der Waals surface area contributed by atoms with Crippen LogP contribution in [0.5, 0.6) is 0 Å². The highest BCUT2D eigenvalue weighted by molar-refractivity contribution is 5.63. The SMILES string of the molecule is Cc1ccc(-c2ccc(N)c(=O)n2CC2CCCO2)cc1C. The van der Waals surface area contributed by atoms with Gasteiger partial charge in [0.1, 0.15) is 0 Å². The quantitative estimate of drug-likeness (QED) is 0.948. The summed E-state index contributed by atoms with van der Waals surface area (Å²) in [4.78, 5) is 12.5. The minimum Gasteiger partial charge on any atom is -0.394 e. The number of benzene rings is 1. The number of nitrogen functional groups attached to an aromatic ring is 1. The molecule has 0 spiro atoms. The van der Waals surface area contributed by atoms with Gasteiger partial charge in [0.2, 0.25) is 0 Å². The van der Waals surface area contributed by atoms with Crippen LogP contribution in [0.25, 0.3) is 11.3 Å². The monoisotopic (exact) mass is 298 g/mol. The first-order valence-corrected chi connectivity index (χ1v) is 7.75. The molecule has 0 aliphatic carbocycles. The van der Waals surface area contributed by atoms with Crippen LogP contribution in [0.4, 0.5) is 5.69 Å². The molecule has 2 aromatic rings. The Morgan fingerprint density at radius 2 is 2.05 bits per heavy atom. The van der Waals surface area contributed by atoms with Crippen LogP contribution in [0, 0.1) is 13.8 Å². The molecule has 1 atom stereocenters. The minimum absolute atomic E-state index is 0.102. The van der Waals surface area contributed by atoms with Gasteiger partial charge in [-0.1, -0.05) is 12.1 Å². The van der Waals surface area contributed by atoms with Gasteiger partial charge in [-0.25, -0.2) is 0 Å². The lowest BCUT2D eigenvalue weighted by Gasteiger charge is -2.18. The molecule has 0 radical (unpaired) electrons. The third kappa shape index (κ3) is 2.79. The highest BCUT2D eigenvalue weighted by Gasteiger charge is 2.19. The van der Waals surface area contributed by atoms with E-state index < -0.39 is 0 Å². The van der Waals surface area contributed by atoms with Crippen molar-refractivity contribution in [1.29, 1.82) is 0 Å². The average Bonchev–Trinajstić information content (AvgIpc) is 3.00. The minimum atomic E-state index is -0.133. The number of rotatable bonds is 3. The number of anilines is 1. The van der Waals surface area contributed by atoms with Crippen LogP contribution in [0.3, 0.4) is 0 Å². The van der Waals surface area contributed by atoms with Gasteiger partial charge in [-0.3, -0.25) is 4.79 Å². The van der Waals surface area contributed by atoms with Crippen molar-refractivity contribution in [3.8, 4) is 11.3 Å². The predicted octanol–water partition coefficient (Wildman–Crippen LogP) is 2.89. The summed E-state index contributed by atoms with van der Waals surface area (Å²) in [6.45, 7) is 5.51. The van der Waals surface area contributed by atoms with E-state index in [1.165, 1.54) is 11.1 Å². The molecule has 1 fully saturated rings. The van der Waals surface area contributed by atoms with Crippen LogP contribution in [0.2, 0.25) is 0 Å². The fourth-order valence-corrected chi connectivity index (χ4v) is 2.92. The summed E-state index contributed by atoms with van der Waals surface area (Å²) < 4.78 is 7.44. The number of ether oxygens (including phenoxy) is 1. The molecular formula is C18H22N2O2. The molecular weight excluding hydrogens is 276 g/mol. The molecule has 1 aromatic heterocycles. The second-order valence-corrected chi connectivity index (χ2v) is 6.02. The molecule has 1 unspecified atom stereocenters. The van der Waals surface area contributed by atoms with Crippen molar-refractivity contribution in [3.63, 3.8) is 0 Å². The van der Waals surface area contributed by atoms with Crippen molar-refractivity contribution in [1.82, 2.24) is 4.57 Å². The maximum Gasteiger partial charge on any atom is 0.274 e. The molecule has 2 heterocycles. The lowest BCUT2D eigenvalue weighted by atomic mass is 10.0. The molecule has 22 heavy (non-hydrogen) atoms. The molecule has 0 saturated carbocycles. The second kappa shape index (κ2) is 5.97. The molecule has 2 N–H and O–H groups in total. The Morgan fingerprint density at radius 3 is 2.73 bits per heavy atom. The normalized spacial score (nSPS) is 17.8. The van der Waals surface area contributed by atoms with Crippen molar-refractivity contribution < 1.29 is 4.74 Å². The summed E-state index contributed by atoms with van der Waals surface area (Å²) in [7, 11) is 0. The van der Waals surface area contributed by atoms with Gasteiger partial charge in [-0.2, -0.15) is 0 Å². The van der Waals surface area contributed by atoms with E-state index in [4.69, 9.17) is 10.5 Å². The number of nitrogens with two attached hydrogens (primary N) is 1. The molecule has 1 aliphatic heterocycles. The van der Waals surface area contributed by atoms with Gasteiger partial charge >= 0.3 is 0 Å². The standard InChI is InChI=1S/C18H22N2O2/c1-12-5-6-14(10-13(12)2)17-8-7-16(19)18(21)20(17)11-15-4-3-9-22-15/h5-8,10,15H,3-4,9,11,19H2,1-2H3. The molecule has 116 valence electrons. The number of hydrogen-bond donors (Lipinski definition) is 1. The molecule has 0 bridgehead atoms. The first kappa shape index (κ1) is 14.9. The van der Waals surface area contributed by atoms with E-state index in [0.29, 0.717) is 6.54 Å². The van der Waals surface area contributed by atoms with E-state index in [1.54, 1.807) is 10.6 Å². The Labute approximate surface area is 130 Å². The van der Waals surface area contributed by atoms with Crippen LogP contribution in [0.1, 0.15) is 24.0 Å². The number of pyridine rings is 1. The summed E-state index contributed by atoms with van der Waals surface area (Å²) >= 11 is 0. The van der Waals surface area contributed by atoms with Crippen LogP contribution >= 0.6 is 0 Å². The number of aryl methyl sites for hydroxylation is 2. The van der Waals surface area contributed by atoms with Gasteiger partial charge in [0.05, 0.1) is 24.0 Å². The van der Waals surface area contributed by atoms with E-state index >= 15 is 0 Å². The Hall–Kier alpha value is -2.07. The first-order chi connectivity index (χ1) is 10.6. The Balaban J connectivity index is 2.07. The maximum absolute atomic E-state index is 12.5. The topological polar surface area (TPSA) is 57.2 Å². The summed E-state index contributed by atoms with van der Waals surface area (Å²) in [5.74, 6) is 0. The highest BCUT2D eigenvalue weighted by atomic mass is 16.5. The third-order valence-electron chi connectivity index (χ3n) is 4.42. The van der Waals surface area contributed by atoms with E-state index in [-0.39, 0.29) is 17.4 Å². The smallest absolute Gasteiger partial charge is 0.274 e. The Bertz CT molecular complexity index is 743. The summed E-state index contributed by atoms with van der Waals surface area (Å²) in [6.07, 6.45) is 2.15. The zero-order valence-corrected chi connectivity index (χ0v) is 13.1. The molecule has 1 aromatic carbocycles. The van der Waals surface area contributed by atoms with E-state index in [0.717, 1.165) is 30.7 Å². The van der Waals surface area contributed by atoms with Crippen molar-refractivity contribution in [2.24, 2.45) is 0 Å². The fraction of sp³-hybridized carbons (Fsp3) is 0.389. The van der Waals surface area contributed by atoms with Gasteiger partial charge in [0.15, 0.2) is 0 Å². The number of hydrogen-bond acceptors (Lipinski definition) is 3. The highest BCUT2D eigenvalue weighted by Crippen LogP contribution is 2.23. The zero-order chi connectivity index (χ0) is 15.7. The molecule has 1 aliphatic rings. The molecule has 1 saturated heterocycles. The van der Waals surface area contributed by atoms with Crippen LogP contribution in [-0.4, -0.2) is 17.3 Å². The first-order valence-electron chi connectivity index (χ1n) is 7.75. The van der Waals surface area contributed by atoms with Crippen molar-refractivity contribution in [3.05, 3.63) is 51.8 Å². The van der Waals surface area contributed by atoms with Gasteiger partial charge < -0.3 is 15.0 Å². The van der Waals surface area contributed by atoms with Crippen molar-refractivity contribution >= 4 is 5.69 Å². The molecule has 0 amide bonds. The van der Waals surface area contributed by atoms with E-state index in [2.05, 4.69) is 32.0 Å². The average molecular weight is 298 g/mol. The van der Waals surface area contributed by atoms with E-state index in [9.17, 15) is 4.79 Å². The lowest BCUT2D eigenvalue weighted by molar-refractivity contribution is 0.0966. The second-order valence-electron chi connectivity index (χ2n) is 6.02. The van der Waals surface area contributed by atoms with Crippen molar-refractivity contribution in [2.75, 3.05) is 12.3 Å². The van der Waals surface area contributed by atoms with Crippen molar-refractivity contribution in [2.45, 2.75) is 39.3 Å². The van der Waals surface area contributed by atoms with Gasteiger partial charge in [0.25, 0.3) is 5.56 Å². The van der Waals surface area contributed by atoms with E-state index in [1.807, 2.05) is 6.07 Å². The molecule has 4 heteroatoms. The molecule has 4 nitrogen and oxygen atoms in total. The molecule has 3 rings (SSSR count). The van der Waals surface area contributed by atoms with Crippen LogP contribution in [0.15, 0.2) is 35.1 Å². The maximum atomic E-state index is 12.5. The third-order valence-corrected chi connectivity index (χ3v) is 4.42. The lowest BCUT2D eigenvalue weighted by Crippen LogP contribution is -2.29. The summed E-state index contributed by atoms with van der Waals surface area (Å²) in [5, 5.41) is 0. The summed E-state index contributed by atoms with van der Waals surface area (Å²) in [6, 6.07) is 9.88. The van der Waals surface area contributed by atoms with Gasteiger partial charge in [-0.15, -0.1) is 0 Å². The zero-order valence-electron chi connectivity index (χ0n) is 13.1. The predicted molar refractivity (Wildman–Crippen MR) is 89.0 cm³/mol. The van der Waals surface area contributed by atoms with Gasteiger partial charge in [-0.05, 0) is 61.6 Å². The Kier molecular flexibility index (Phi) is 4.03. The van der Waals surface area contributed by atoms with Crippen LogP contribution < -0.4 is 11.3 Å². The summed E-state index contributed by atoms with van der Waals surface area (Å²) in [5.41, 5.74) is 10.4. The number of nitrogens with zero attached hydrogens (tertiary/aromatic N) is 1. The number of aromatic nitrogens is 1. The Morgan fingerprint density at radius 1 is 1.23 bits per heavy atom. The largest absolute Gasteiger partial charge is 0.394 e. The van der Waals surface area contributed by atoms with Gasteiger partial charge in [0, 0.05) is 6.61 Å². The van der Waals surface area contributed by atoms with Crippen LogP contribution in [-0.2, 0) is 11.3 Å². The fourth-order valence-electron chi connectivity index (χ4n) is 2.92.